The van der Waals surface area contributed by atoms with Gasteiger partial charge in [0.05, 0.1) is 5.75 Å². The van der Waals surface area contributed by atoms with Crippen LogP contribution in [0, 0.1) is 6.92 Å². The van der Waals surface area contributed by atoms with E-state index in [-0.39, 0.29) is 11.9 Å². The summed E-state index contributed by atoms with van der Waals surface area (Å²) in [5.41, 5.74) is 2.22. The number of aryl methyl sites for hydroxylation is 1. The van der Waals surface area contributed by atoms with E-state index < -0.39 is 0 Å². The number of aromatic nitrogens is 3. The van der Waals surface area contributed by atoms with Gasteiger partial charge in [0.1, 0.15) is 0 Å². The van der Waals surface area contributed by atoms with E-state index in [4.69, 9.17) is 0 Å². The van der Waals surface area contributed by atoms with Gasteiger partial charge in [0.15, 0.2) is 11.0 Å². The third-order valence-electron chi connectivity index (χ3n) is 3.57. The molecular formula is C16H22N4OS. The first-order valence-corrected chi connectivity index (χ1v) is 8.39. The van der Waals surface area contributed by atoms with Gasteiger partial charge in [-0.3, -0.25) is 4.79 Å². The molecule has 22 heavy (non-hydrogen) atoms. The minimum atomic E-state index is 0.0276. The second-order valence-electron chi connectivity index (χ2n) is 5.35. The van der Waals surface area contributed by atoms with E-state index in [0.717, 1.165) is 28.5 Å². The molecule has 6 heteroatoms. The van der Waals surface area contributed by atoms with Crippen molar-refractivity contribution in [1.82, 2.24) is 20.1 Å². The van der Waals surface area contributed by atoms with Crippen LogP contribution in [-0.2, 0) is 11.8 Å². The van der Waals surface area contributed by atoms with E-state index >= 15 is 0 Å². The minimum Gasteiger partial charge on any atom is -0.353 e. The average Bonchev–Trinajstić information content (AvgIpc) is 2.86. The van der Waals surface area contributed by atoms with Gasteiger partial charge in [-0.05, 0) is 25.8 Å². The first-order valence-electron chi connectivity index (χ1n) is 7.40. The summed E-state index contributed by atoms with van der Waals surface area (Å²) in [6, 6.07) is 8.28. The van der Waals surface area contributed by atoms with Crippen molar-refractivity contribution in [3.63, 3.8) is 0 Å². The van der Waals surface area contributed by atoms with Crippen molar-refractivity contribution < 1.29 is 4.79 Å². The van der Waals surface area contributed by atoms with Gasteiger partial charge in [-0.2, -0.15) is 0 Å². The molecule has 2 aromatic rings. The maximum atomic E-state index is 11.8. The van der Waals surface area contributed by atoms with E-state index in [1.807, 2.05) is 36.7 Å². The summed E-state index contributed by atoms with van der Waals surface area (Å²) in [5, 5.41) is 12.2. The highest BCUT2D eigenvalue weighted by molar-refractivity contribution is 7.99. The Morgan fingerprint density at radius 2 is 2.09 bits per heavy atom. The minimum absolute atomic E-state index is 0.0276. The van der Waals surface area contributed by atoms with Gasteiger partial charge in [-0.15, -0.1) is 10.2 Å². The lowest BCUT2D eigenvalue weighted by Crippen LogP contribution is -2.33. The summed E-state index contributed by atoms with van der Waals surface area (Å²) in [4.78, 5) is 11.8. The van der Waals surface area contributed by atoms with Crippen molar-refractivity contribution in [2.24, 2.45) is 7.05 Å². The molecule has 0 radical (unpaired) electrons. The lowest BCUT2D eigenvalue weighted by Gasteiger charge is -2.10. The van der Waals surface area contributed by atoms with Crippen LogP contribution in [-0.4, -0.2) is 32.5 Å². The number of rotatable bonds is 6. The normalized spacial score (nSPS) is 12.2. The third kappa shape index (κ3) is 3.88. The third-order valence-corrected chi connectivity index (χ3v) is 4.59. The van der Waals surface area contributed by atoms with E-state index in [1.54, 1.807) is 0 Å². The Kier molecular flexibility index (Phi) is 5.60. The molecule has 2 rings (SSSR count). The largest absolute Gasteiger partial charge is 0.353 e. The van der Waals surface area contributed by atoms with Crippen LogP contribution in [0.2, 0.25) is 0 Å². The molecule has 1 aromatic heterocycles. The first-order chi connectivity index (χ1) is 10.5. The Morgan fingerprint density at radius 1 is 1.36 bits per heavy atom. The van der Waals surface area contributed by atoms with Gasteiger partial charge < -0.3 is 9.88 Å². The molecule has 118 valence electrons. The standard InChI is InChI=1S/C16H22N4OS/c1-5-12(3)17-14(21)10-22-16-19-18-15(20(16)4)13-9-7-6-8-11(13)2/h6-9,12H,5,10H2,1-4H3,(H,17,21)/t12-/m1/s1. The second-order valence-corrected chi connectivity index (χ2v) is 6.29. The summed E-state index contributed by atoms with van der Waals surface area (Å²) in [6.45, 7) is 6.10. The fourth-order valence-electron chi connectivity index (χ4n) is 2.05. The lowest BCUT2D eigenvalue weighted by atomic mass is 10.1. The van der Waals surface area contributed by atoms with Crippen molar-refractivity contribution in [2.45, 2.75) is 38.4 Å². The molecule has 0 saturated carbocycles. The van der Waals surface area contributed by atoms with Crippen LogP contribution in [0.1, 0.15) is 25.8 Å². The van der Waals surface area contributed by atoms with E-state index in [2.05, 4.69) is 35.4 Å². The van der Waals surface area contributed by atoms with Crippen LogP contribution in [0.5, 0.6) is 0 Å². The van der Waals surface area contributed by atoms with Crippen LogP contribution in [0.4, 0.5) is 0 Å². The van der Waals surface area contributed by atoms with Crippen LogP contribution in [0.15, 0.2) is 29.4 Å². The van der Waals surface area contributed by atoms with E-state index in [0.29, 0.717) is 5.75 Å². The molecule has 0 unspecified atom stereocenters. The molecule has 0 saturated heterocycles. The maximum Gasteiger partial charge on any atom is 0.230 e. The molecule has 1 amide bonds. The van der Waals surface area contributed by atoms with Gasteiger partial charge >= 0.3 is 0 Å². The molecule has 0 aliphatic rings. The summed E-state index contributed by atoms with van der Waals surface area (Å²) in [7, 11) is 1.93. The summed E-state index contributed by atoms with van der Waals surface area (Å²) < 4.78 is 1.93. The highest BCUT2D eigenvalue weighted by atomic mass is 32.2. The van der Waals surface area contributed by atoms with Crippen molar-refractivity contribution in [2.75, 3.05) is 5.75 Å². The topological polar surface area (TPSA) is 59.8 Å². The number of nitrogens with zero attached hydrogens (tertiary/aromatic N) is 3. The van der Waals surface area contributed by atoms with Crippen LogP contribution in [0.25, 0.3) is 11.4 Å². The highest BCUT2D eigenvalue weighted by Crippen LogP contribution is 2.24. The van der Waals surface area contributed by atoms with Gasteiger partial charge in [-0.1, -0.05) is 43.0 Å². The Balaban J connectivity index is 2.06. The fraction of sp³-hybridized carbons (Fsp3) is 0.438. The molecule has 0 bridgehead atoms. The van der Waals surface area contributed by atoms with Crippen LogP contribution >= 0.6 is 11.8 Å². The Morgan fingerprint density at radius 3 is 2.77 bits per heavy atom. The zero-order valence-electron chi connectivity index (χ0n) is 13.5. The van der Waals surface area contributed by atoms with Crippen LogP contribution < -0.4 is 5.32 Å². The number of nitrogens with one attached hydrogen (secondary N) is 1. The smallest absolute Gasteiger partial charge is 0.230 e. The van der Waals surface area contributed by atoms with Crippen molar-refractivity contribution in [3.8, 4) is 11.4 Å². The predicted octanol–water partition coefficient (Wildman–Crippen LogP) is 2.80. The summed E-state index contributed by atoms with van der Waals surface area (Å²) in [6.07, 6.45) is 0.928. The maximum absolute atomic E-state index is 11.8. The zero-order chi connectivity index (χ0) is 16.1. The Bertz CT molecular complexity index is 653. The molecule has 1 atom stereocenters. The Hall–Kier alpha value is -1.82. The van der Waals surface area contributed by atoms with Crippen molar-refractivity contribution >= 4 is 17.7 Å². The Labute approximate surface area is 135 Å². The summed E-state index contributed by atoms with van der Waals surface area (Å²) in [5.74, 6) is 1.20. The summed E-state index contributed by atoms with van der Waals surface area (Å²) >= 11 is 1.41. The highest BCUT2D eigenvalue weighted by Gasteiger charge is 2.14. The number of hydrogen-bond donors (Lipinski definition) is 1. The number of amides is 1. The number of thioether (sulfide) groups is 1. The first kappa shape index (κ1) is 16.5. The quantitative estimate of drug-likeness (QED) is 0.832. The molecule has 0 aliphatic carbocycles. The average molecular weight is 318 g/mol. The lowest BCUT2D eigenvalue weighted by molar-refractivity contribution is -0.119. The monoisotopic (exact) mass is 318 g/mol. The molecule has 0 fully saturated rings. The van der Waals surface area contributed by atoms with Crippen molar-refractivity contribution in [3.05, 3.63) is 29.8 Å². The molecule has 1 N–H and O–H groups in total. The molecule has 0 aliphatic heterocycles. The predicted molar refractivity (Wildman–Crippen MR) is 89.8 cm³/mol. The number of benzene rings is 1. The number of hydrogen-bond acceptors (Lipinski definition) is 4. The molecular weight excluding hydrogens is 296 g/mol. The van der Waals surface area contributed by atoms with Gasteiger partial charge in [0, 0.05) is 18.7 Å². The van der Waals surface area contributed by atoms with Gasteiger partial charge in [0.25, 0.3) is 0 Å². The van der Waals surface area contributed by atoms with E-state index in [9.17, 15) is 4.79 Å². The fourth-order valence-corrected chi connectivity index (χ4v) is 2.77. The molecule has 5 nitrogen and oxygen atoms in total. The van der Waals surface area contributed by atoms with Gasteiger partial charge in [0.2, 0.25) is 5.91 Å². The van der Waals surface area contributed by atoms with Crippen LogP contribution in [0.3, 0.4) is 0 Å². The molecule has 1 aromatic carbocycles. The zero-order valence-corrected chi connectivity index (χ0v) is 14.3. The number of carbonyl (C=O) groups excluding carboxylic acids is 1. The number of carbonyl (C=O) groups is 1. The SMILES string of the molecule is CC[C@@H](C)NC(=O)CSc1nnc(-c2ccccc2C)n1C. The molecule has 0 spiro atoms. The van der Waals surface area contributed by atoms with Crippen molar-refractivity contribution in [1.29, 1.82) is 0 Å². The molecule has 1 heterocycles. The second kappa shape index (κ2) is 7.45. The van der Waals surface area contributed by atoms with Gasteiger partial charge in [-0.25, -0.2) is 0 Å². The van der Waals surface area contributed by atoms with E-state index in [1.165, 1.54) is 11.8 Å².